The third-order valence-corrected chi connectivity index (χ3v) is 4.38. The van der Waals surface area contributed by atoms with Gasteiger partial charge < -0.3 is 9.42 Å². The molecule has 0 atom stereocenters. The first-order valence-electron chi connectivity index (χ1n) is 9.08. The Morgan fingerprint density at radius 1 is 0.912 bits per heavy atom. The van der Waals surface area contributed by atoms with Crippen LogP contribution in [-0.2, 0) is 18.9 Å². The van der Waals surface area contributed by atoms with Gasteiger partial charge in [0.25, 0.3) is 5.89 Å². The quantitative estimate of drug-likeness (QED) is 0.286. The molecule has 0 amide bonds. The number of anilines is 1. The van der Waals surface area contributed by atoms with Gasteiger partial charge in [-0.3, -0.25) is 0 Å². The second kappa shape index (κ2) is 8.88. The van der Waals surface area contributed by atoms with Crippen molar-refractivity contribution in [3.8, 4) is 11.5 Å². The van der Waals surface area contributed by atoms with Gasteiger partial charge in [0, 0.05) is 11.3 Å². The molecular formula is C20H11F9N4O. The van der Waals surface area contributed by atoms with Crippen molar-refractivity contribution >= 4 is 11.4 Å². The molecule has 0 aliphatic carbocycles. The zero-order valence-corrected chi connectivity index (χ0v) is 16.6. The number of halogens is 9. The van der Waals surface area contributed by atoms with Crippen LogP contribution in [0.4, 0.5) is 50.9 Å². The Hall–Kier alpha value is -3.76. The van der Waals surface area contributed by atoms with Gasteiger partial charge in [0.05, 0.1) is 24.2 Å². The fourth-order valence-electron chi connectivity index (χ4n) is 2.93. The third-order valence-electron chi connectivity index (χ3n) is 4.38. The van der Waals surface area contributed by atoms with Crippen LogP contribution < -0.4 is 4.90 Å². The van der Waals surface area contributed by atoms with Gasteiger partial charge >= 0.3 is 18.5 Å². The Labute approximate surface area is 185 Å². The molecule has 0 aliphatic rings. The molecule has 0 fully saturated rings. The largest absolute Gasteiger partial charge is 0.416 e. The summed E-state index contributed by atoms with van der Waals surface area (Å²) in [5.74, 6) is -0.841. The van der Waals surface area contributed by atoms with Crippen molar-refractivity contribution in [3.63, 3.8) is 0 Å². The second-order valence-corrected chi connectivity index (χ2v) is 6.88. The molecular weight excluding hydrogens is 483 g/mol. The summed E-state index contributed by atoms with van der Waals surface area (Å²) in [6.45, 7) is 4.35. The van der Waals surface area contributed by atoms with Crippen LogP contribution >= 0.6 is 0 Å². The molecule has 34 heavy (non-hydrogen) atoms. The lowest BCUT2D eigenvalue weighted by molar-refractivity contribution is -0.138. The van der Waals surface area contributed by atoms with Gasteiger partial charge in [-0.1, -0.05) is 17.3 Å². The zero-order chi connectivity index (χ0) is 25.3. The summed E-state index contributed by atoms with van der Waals surface area (Å²) in [4.78, 5) is 6.98. The van der Waals surface area contributed by atoms with Crippen LogP contribution in [0.1, 0.15) is 17.0 Å². The lowest BCUT2D eigenvalue weighted by Gasteiger charge is -2.25. The van der Waals surface area contributed by atoms with E-state index in [9.17, 15) is 39.5 Å². The fourth-order valence-corrected chi connectivity index (χ4v) is 2.93. The Kier molecular flexibility index (Phi) is 6.50. The highest BCUT2D eigenvalue weighted by molar-refractivity contribution is 5.62. The van der Waals surface area contributed by atoms with Crippen LogP contribution in [0.2, 0.25) is 0 Å². The van der Waals surface area contributed by atoms with Crippen LogP contribution in [0.3, 0.4) is 0 Å². The molecule has 0 radical (unpaired) electrons. The van der Waals surface area contributed by atoms with E-state index in [1.807, 2.05) is 0 Å². The Morgan fingerprint density at radius 2 is 1.62 bits per heavy atom. The molecule has 0 aliphatic heterocycles. The van der Waals surface area contributed by atoms with Crippen LogP contribution in [0.5, 0.6) is 0 Å². The number of hydrogen-bond donors (Lipinski definition) is 0. The monoisotopic (exact) mass is 494 g/mol. The molecule has 3 aromatic rings. The first kappa shape index (κ1) is 24.9. The summed E-state index contributed by atoms with van der Waals surface area (Å²) < 4.78 is 123. The van der Waals surface area contributed by atoms with Crippen molar-refractivity contribution in [1.29, 1.82) is 0 Å². The van der Waals surface area contributed by atoms with E-state index >= 15 is 0 Å². The molecule has 0 saturated heterocycles. The van der Waals surface area contributed by atoms with E-state index in [1.165, 1.54) is 6.07 Å². The van der Waals surface area contributed by atoms with E-state index in [4.69, 9.17) is 11.1 Å². The zero-order valence-electron chi connectivity index (χ0n) is 16.6. The maximum absolute atomic E-state index is 13.2. The topological polar surface area (TPSA) is 46.5 Å². The van der Waals surface area contributed by atoms with Gasteiger partial charge in [-0.25, -0.2) is 4.85 Å². The predicted molar refractivity (Wildman–Crippen MR) is 99.5 cm³/mol. The van der Waals surface area contributed by atoms with E-state index in [0.29, 0.717) is 17.0 Å². The molecule has 14 heteroatoms. The van der Waals surface area contributed by atoms with Crippen molar-refractivity contribution in [3.05, 3.63) is 70.8 Å². The first-order valence-corrected chi connectivity index (χ1v) is 9.08. The van der Waals surface area contributed by atoms with Crippen molar-refractivity contribution < 1.29 is 44.0 Å². The van der Waals surface area contributed by atoms with Crippen molar-refractivity contribution in [2.45, 2.75) is 25.1 Å². The Morgan fingerprint density at radius 3 is 2.21 bits per heavy atom. The van der Waals surface area contributed by atoms with Crippen molar-refractivity contribution in [1.82, 2.24) is 10.1 Å². The average molecular weight is 494 g/mol. The van der Waals surface area contributed by atoms with E-state index in [1.54, 1.807) is 0 Å². The molecule has 1 aromatic heterocycles. The molecule has 0 unspecified atom stereocenters. The third kappa shape index (κ3) is 5.97. The van der Waals surface area contributed by atoms with E-state index in [0.717, 1.165) is 24.3 Å². The maximum Gasteiger partial charge on any atom is 0.416 e. The minimum atomic E-state index is -5.00. The lowest BCUT2D eigenvalue weighted by atomic mass is 10.1. The minimum absolute atomic E-state index is 0.156. The normalized spacial score (nSPS) is 12.5. The van der Waals surface area contributed by atoms with Crippen molar-refractivity contribution in [2.75, 3.05) is 11.4 Å². The van der Waals surface area contributed by atoms with Gasteiger partial charge in [-0.2, -0.15) is 44.5 Å². The summed E-state index contributed by atoms with van der Waals surface area (Å²) in [5, 5.41) is 3.44. The van der Waals surface area contributed by atoms with Gasteiger partial charge in [0.2, 0.25) is 0 Å². The van der Waals surface area contributed by atoms with Crippen LogP contribution in [-0.4, -0.2) is 22.9 Å². The number of rotatable bonds is 5. The van der Waals surface area contributed by atoms with Crippen molar-refractivity contribution in [2.24, 2.45) is 0 Å². The van der Waals surface area contributed by atoms with E-state index in [-0.39, 0.29) is 5.56 Å². The van der Waals surface area contributed by atoms with Gasteiger partial charge in [0.1, 0.15) is 6.54 Å². The summed E-state index contributed by atoms with van der Waals surface area (Å²) in [5.41, 5.74) is -3.93. The number of benzene rings is 2. The van der Waals surface area contributed by atoms with Gasteiger partial charge in [-0.05, 0) is 30.3 Å². The van der Waals surface area contributed by atoms with Crippen LogP contribution in [0.15, 0.2) is 47.0 Å². The molecule has 0 saturated carbocycles. The van der Waals surface area contributed by atoms with Gasteiger partial charge in [0.15, 0.2) is 11.5 Å². The highest BCUT2D eigenvalue weighted by Gasteiger charge is 2.36. The lowest BCUT2D eigenvalue weighted by Crippen LogP contribution is -2.34. The number of nitrogens with zero attached hydrogens (tertiary/aromatic N) is 4. The first-order chi connectivity index (χ1) is 15.7. The molecule has 3 rings (SSSR count). The van der Waals surface area contributed by atoms with Crippen LogP contribution in [0.25, 0.3) is 16.3 Å². The van der Waals surface area contributed by atoms with Gasteiger partial charge in [-0.15, -0.1) is 0 Å². The SMILES string of the molecule is [C-]#[N+]c1ccc(N(Cc2noc(-c3cccc(C(F)(F)F)c3)n2)CC(F)(F)F)cc1C(F)(F)F. The maximum atomic E-state index is 13.2. The molecule has 2 aromatic carbocycles. The summed E-state index contributed by atoms with van der Waals surface area (Å²) >= 11 is 0. The highest BCUT2D eigenvalue weighted by Crippen LogP contribution is 2.39. The highest BCUT2D eigenvalue weighted by atomic mass is 19.4. The van der Waals surface area contributed by atoms with Crippen LogP contribution in [0, 0.1) is 6.57 Å². The Balaban J connectivity index is 1.95. The van der Waals surface area contributed by atoms with E-state index in [2.05, 4.69) is 15.0 Å². The smallest absolute Gasteiger partial charge is 0.355 e. The number of hydrogen-bond acceptors (Lipinski definition) is 4. The average Bonchev–Trinajstić information content (AvgIpc) is 3.19. The summed E-state index contributed by atoms with van der Waals surface area (Å²) in [7, 11) is 0. The molecule has 0 spiro atoms. The summed E-state index contributed by atoms with van der Waals surface area (Å²) in [6.07, 6.45) is -14.5. The molecule has 1 heterocycles. The number of aromatic nitrogens is 2. The predicted octanol–water partition coefficient (Wildman–Crippen LogP) is 6.89. The minimum Gasteiger partial charge on any atom is -0.355 e. The molecule has 0 N–H and O–H groups in total. The molecule has 180 valence electrons. The summed E-state index contributed by atoms with van der Waals surface area (Å²) in [6, 6.07) is 5.79. The second-order valence-electron chi connectivity index (χ2n) is 6.88. The fraction of sp³-hybridized carbons (Fsp3) is 0.250. The molecule has 0 bridgehead atoms. The Bertz CT molecular complexity index is 1210. The van der Waals surface area contributed by atoms with E-state index < -0.39 is 65.8 Å². The molecule has 5 nitrogen and oxygen atoms in total. The standard InChI is InChI=1S/C20H11F9N4O/c1-30-15-6-5-13(8-14(15)20(27,28)29)33(10-18(21,22)23)9-16-31-17(34-32-16)11-3-2-4-12(7-11)19(24,25)26/h2-8H,9-10H2. The number of alkyl halides is 9.